The largest absolute Gasteiger partial charge is 0.465 e. The number of benzene rings is 1. The normalized spacial score (nSPS) is 22.0. The van der Waals surface area contributed by atoms with Gasteiger partial charge in [0.1, 0.15) is 17.3 Å². The number of nitrogens with zero attached hydrogens (tertiary/aromatic N) is 1. The monoisotopic (exact) mass is 363 g/mol. The number of carbonyl (C=O) groups excluding carboxylic acids is 3. The highest BCUT2D eigenvalue weighted by atomic mass is 35.5. The molecule has 130 valence electrons. The molecule has 1 aromatic rings. The summed E-state index contributed by atoms with van der Waals surface area (Å²) in [6.07, 6.45) is 3.66. The maximum Gasteiger partial charge on any atom is 0.341 e. The molecule has 2 atom stereocenters. The van der Waals surface area contributed by atoms with Crippen molar-refractivity contribution in [3.63, 3.8) is 0 Å². The molecule has 0 saturated heterocycles. The van der Waals surface area contributed by atoms with Gasteiger partial charge in [-0.25, -0.2) is 4.79 Å². The smallest absolute Gasteiger partial charge is 0.341 e. The van der Waals surface area contributed by atoms with E-state index < -0.39 is 39.5 Å². The fraction of sp³-hybridized carbons (Fsp3) is 0.235. The second-order valence-electron chi connectivity index (χ2n) is 5.38. The molecular weight excluding hydrogens is 350 g/mol. The number of halogens is 1. The summed E-state index contributed by atoms with van der Waals surface area (Å²) >= 11 is 6.01. The third kappa shape index (κ3) is 2.87. The topological polar surface area (TPSA) is 104 Å². The van der Waals surface area contributed by atoms with Crippen molar-refractivity contribution in [3.8, 4) is 0 Å². The van der Waals surface area contributed by atoms with E-state index in [0.717, 1.165) is 20.1 Å². The third-order valence-corrected chi connectivity index (χ3v) is 4.35. The maximum absolute atomic E-state index is 13.2. The molecule has 25 heavy (non-hydrogen) atoms. The molecule has 0 amide bonds. The highest BCUT2D eigenvalue weighted by Crippen LogP contribution is 2.39. The van der Waals surface area contributed by atoms with E-state index in [9.17, 15) is 24.5 Å². The molecule has 1 aromatic carbocycles. The van der Waals surface area contributed by atoms with Crippen LogP contribution in [0.3, 0.4) is 0 Å². The summed E-state index contributed by atoms with van der Waals surface area (Å²) in [7, 11) is 1.04. The zero-order valence-electron chi connectivity index (χ0n) is 13.4. The first-order valence-corrected chi connectivity index (χ1v) is 7.57. The van der Waals surface area contributed by atoms with E-state index in [1.54, 1.807) is 6.07 Å². The number of allylic oxidation sites excluding steroid dienone is 2. The number of carbonyl (C=O) groups is 3. The van der Waals surface area contributed by atoms with Crippen molar-refractivity contribution in [1.82, 2.24) is 0 Å². The van der Waals surface area contributed by atoms with Gasteiger partial charge in [-0.2, -0.15) is 0 Å². The summed E-state index contributed by atoms with van der Waals surface area (Å²) in [5, 5.41) is 12.0. The van der Waals surface area contributed by atoms with Crippen LogP contribution in [0, 0.1) is 16.0 Å². The Morgan fingerprint density at radius 3 is 2.44 bits per heavy atom. The highest BCUT2D eigenvalue weighted by Gasteiger charge is 2.64. The van der Waals surface area contributed by atoms with Crippen molar-refractivity contribution < 1.29 is 24.0 Å². The van der Waals surface area contributed by atoms with Crippen LogP contribution in [0.2, 0.25) is 5.02 Å². The molecule has 8 heteroatoms. The van der Waals surface area contributed by atoms with Gasteiger partial charge >= 0.3 is 11.5 Å². The minimum atomic E-state index is -2.64. The summed E-state index contributed by atoms with van der Waals surface area (Å²) in [5.74, 6) is -4.22. The molecule has 0 heterocycles. The van der Waals surface area contributed by atoms with Crippen molar-refractivity contribution in [2.24, 2.45) is 5.92 Å². The van der Waals surface area contributed by atoms with Gasteiger partial charge in [0, 0.05) is 10.5 Å². The van der Waals surface area contributed by atoms with E-state index in [1.165, 1.54) is 30.4 Å². The number of rotatable bonds is 5. The number of nitro groups is 1. The highest BCUT2D eigenvalue weighted by molar-refractivity contribution is 6.34. The van der Waals surface area contributed by atoms with Crippen LogP contribution in [0.1, 0.15) is 17.3 Å². The van der Waals surface area contributed by atoms with Gasteiger partial charge < -0.3 is 4.74 Å². The lowest BCUT2D eigenvalue weighted by Crippen LogP contribution is -2.58. The summed E-state index contributed by atoms with van der Waals surface area (Å²) in [6, 6.07) is 5.74. The number of ketones is 2. The van der Waals surface area contributed by atoms with Crippen LogP contribution in [0.4, 0.5) is 0 Å². The van der Waals surface area contributed by atoms with Crippen molar-refractivity contribution >= 4 is 29.1 Å². The van der Waals surface area contributed by atoms with E-state index in [4.69, 9.17) is 11.6 Å². The zero-order chi connectivity index (χ0) is 18.8. The molecule has 0 radical (unpaired) electrons. The first kappa shape index (κ1) is 18.5. The Balaban J connectivity index is 2.82. The second-order valence-corrected chi connectivity index (χ2v) is 5.78. The maximum atomic E-state index is 13.2. The Morgan fingerprint density at radius 2 is 1.92 bits per heavy atom. The van der Waals surface area contributed by atoms with Gasteiger partial charge in [-0.15, -0.1) is 0 Å². The Bertz CT molecular complexity index is 828. The van der Waals surface area contributed by atoms with Crippen molar-refractivity contribution in [1.29, 1.82) is 0 Å². The number of methoxy groups -OCH3 is 1. The molecule has 0 N–H and O–H groups in total. The minimum absolute atomic E-state index is 0.0187. The Hall–Kier alpha value is -2.80. The molecule has 0 aromatic heterocycles. The molecule has 0 spiro atoms. The van der Waals surface area contributed by atoms with Crippen LogP contribution in [0.15, 0.2) is 48.1 Å². The van der Waals surface area contributed by atoms with E-state index >= 15 is 0 Å². The predicted molar refractivity (Wildman–Crippen MR) is 88.9 cm³/mol. The second kappa shape index (κ2) is 6.98. The molecule has 7 nitrogen and oxygen atoms in total. The van der Waals surface area contributed by atoms with Crippen molar-refractivity contribution in [3.05, 3.63) is 68.8 Å². The lowest BCUT2D eigenvalue weighted by atomic mass is 9.69. The van der Waals surface area contributed by atoms with Gasteiger partial charge in [-0.3, -0.25) is 19.7 Å². The van der Waals surface area contributed by atoms with Crippen LogP contribution < -0.4 is 0 Å². The molecule has 2 rings (SSSR count). The average molecular weight is 364 g/mol. The van der Waals surface area contributed by atoms with Gasteiger partial charge in [0.15, 0.2) is 0 Å². The summed E-state index contributed by atoms with van der Waals surface area (Å²) in [5.41, 5.74) is -3.32. The SMILES string of the molecule is COC(=O)C1=CC=CC(C(C)=O)C1(C(=O)c1ccccc1Cl)[N+](=O)[O-]. The number of hydrogen-bond acceptors (Lipinski definition) is 6. The van der Waals surface area contributed by atoms with Gasteiger partial charge in [0.2, 0.25) is 5.78 Å². The fourth-order valence-corrected chi connectivity index (χ4v) is 3.09. The van der Waals surface area contributed by atoms with Crippen LogP contribution in [-0.4, -0.2) is 35.1 Å². The molecule has 0 saturated carbocycles. The van der Waals surface area contributed by atoms with Gasteiger partial charge in [0.25, 0.3) is 0 Å². The Labute approximate surface area is 148 Å². The van der Waals surface area contributed by atoms with E-state index in [0.29, 0.717) is 0 Å². The zero-order valence-corrected chi connectivity index (χ0v) is 14.1. The lowest BCUT2D eigenvalue weighted by Gasteiger charge is -2.31. The number of Topliss-reactive ketones (excluding diaryl/α,β-unsaturated/α-hetero) is 2. The quantitative estimate of drug-likeness (QED) is 0.344. The van der Waals surface area contributed by atoms with Crippen molar-refractivity contribution in [2.45, 2.75) is 12.5 Å². The predicted octanol–water partition coefficient (Wildman–Crippen LogP) is 2.41. The van der Waals surface area contributed by atoms with E-state index in [1.807, 2.05) is 0 Å². The Morgan fingerprint density at radius 1 is 1.28 bits per heavy atom. The van der Waals surface area contributed by atoms with Gasteiger partial charge in [0.05, 0.1) is 12.1 Å². The first-order chi connectivity index (χ1) is 11.8. The van der Waals surface area contributed by atoms with Crippen molar-refractivity contribution in [2.75, 3.05) is 7.11 Å². The summed E-state index contributed by atoms with van der Waals surface area (Å²) in [6.45, 7) is 1.12. The van der Waals surface area contributed by atoms with Crippen LogP contribution in [-0.2, 0) is 14.3 Å². The Kier molecular flexibility index (Phi) is 5.18. The number of hydrogen-bond donors (Lipinski definition) is 0. The molecule has 0 bridgehead atoms. The minimum Gasteiger partial charge on any atom is -0.465 e. The fourth-order valence-electron chi connectivity index (χ4n) is 2.87. The van der Waals surface area contributed by atoms with E-state index in [2.05, 4.69) is 4.74 Å². The number of esters is 1. The van der Waals surface area contributed by atoms with Gasteiger partial charge in [-0.05, 0) is 25.1 Å². The average Bonchev–Trinajstić information content (AvgIpc) is 2.59. The molecule has 0 aliphatic heterocycles. The standard InChI is InChI=1S/C17H14ClNO6/c1-10(20)12-7-5-8-13(16(22)25-2)17(12,19(23)24)15(21)11-6-3-4-9-14(11)18/h3-9,12H,1-2H3. The molecular formula is C17H14ClNO6. The number of ether oxygens (including phenoxy) is 1. The third-order valence-electron chi connectivity index (χ3n) is 4.02. The molecule has 1 aliphatic rings. The summed E-state index contributed by atoms with van der Waals surface area (Å²) < 4.78 is 4.60. The van der Waals surface area contributed by atoms with Crippen LogP contribution >= 0.6 is 11.6 Å². The first-order valence-electron chi connectivity index (χ1n) is 7.20. The summed E-state index contributed by atoms with van der Waals surface area (Å²) in [4.78, 5) is 48.5. The van der Waals surface area contributed by atoms with Gasteiger partial charge in [-0.1, -0.05) is 35.9 Å². The van der Waals surface area contributed by atoms with E-state index in [-0.39, 0.29) is 10.6 Å². The molecule has 2 unspecified atom stereocenters. The molecule has 1 aliphatic carbocycles. The lowest BCUT2D eigenvalue weighted by molar-refractivity contribution is -0.542. The van der Waals surface area contributed by atoms with Crippen LogP contribution in [0.25, 0.3) is 0 Å². The van der Waals surface area contributed by atoms with Crippen LogP contribution in [0.5, 0.6) is 0 Å². The molecule has 0 fully saturated rings.